The third kappa shape index (κ3) is 4.35. The van der Waals surface area contributed by atoms with Crippen LogP contribution in [0.1, 0.15) is 17.7 Å². The fourth-order valence-corrected chi connectivity index (χ4v) is 3.48. The largest absolute Gasteiger partial charge is 0.351 e. The van der Waals surface area contributed by atoms with Crippen LogP contribution in [0.15, 0.2) is 47.8 Å². The summed E-state index contributed by atoms with van der Waals surface area (Å²) < 4.78 is 0. The molecule has 1 aliphatic heterocycles. The van der Waals surface area contributed by atoms with Gasteiger partial charge in [0.05, 0.1) is 12.5 Å². The van der Waals surface area contributed by atoms with Crippen LogP contribution < -0.4 is 10.6 Å². The van der Waals surface area contributed by atoms with Gasteiger partial charge in [-0.25, -0.2) is 4.79 Å². The molecule has 5 nitrogen and oxygen atoms in total. The molecule has 0 radical (unpaired) electrons. The van der Waals surface area contributed by atoms with Crippen LogP contribution >= 0.6 is 11.3 Å². The number of anilines is 1. The maximum Gasteiger partial charge on any atom is 0.321 e. The highest BCUT2D eigenvalue weighted by Gasteiger charge is 2.28. The van der Waals surface area contributed by atoms with Crippen LogP contribution in [-0.4, -0.2) is 29.9 Å². The van der Waals surface area contributed by atoms with Crippen molar-refractivity contribution >= 4 is 29.0 Å². The standard InChI is InChI=1S/C18H21N3O2S/c22-17(19-12-16-9-5-11-24-16)14-6-4-10-21(13-14)18(23)20-15-7-2-1-3-8-15/h1-3,5,7-9,11,14H,4,6,10,12-13H2,(H,19,22)(H,20,23)/t14-/m0/s1. The molecular weight excluding hydrogens is 322 g/mol. The van der Waals surface area contributed by atoms with Gasteiger partial charge >= 0.3 is 6.03 Å². The van der Waals surface area contributed by atoms with Crippen LogP contribution in [0.2, 0.25) is 0 Å². The molecule has 3 rings (SSSR count). The molecule has 1 aliphatic rings. The molecule has 24 heavy (non-hydrogen) atoms. The lowest BCUT2D eigenvalue weighted by Gasteiger charge is -2.32. The minimum absolute atomic E-state index is 0.0283. The molecule has 2 N–H and O–H groups in total. The summed E-state index contributed by atoms with van der Waals surface area (Å²) in [6, 6.07) is 13.2. The third-order valence-electron chi connectivity index (χ3n) is 4.12. The average molecular weight is 343 g/mol. The van der Waals surface area contributed by atoms with E-state index in [1.165, 1.54) is 0 Å². The van der Waals surface area contributed by atoms with E-state index in [2.05, 4.69) is 10.6 Å². The fourth-order valence-electron chi connectivity index (χ4n) is 2.83. The van der Waals surface area contributed by atoms with Gasteiger partial charge in [-0.05, 0) is 36.4 Å². The number of amides is 3. The predicted molar refractivity (Wildman–Crippen MR) is 95.9 cm³/mol. The molecule has 1 aromatic carbocycles. The third-order valence-corrected chi connectivity index (χ3v) is 5.00. The zero-order valence-corrected chi connectivity index (χ0v) is 14.2. The van der Waals surface area contributed by atoms with Gasteiger partial charge in [-0.1, -0.05) is 24.3 Å². The second-order valence-corrected chi connectivity index (χ2v) is 6.91. The quantitative estimate of drug-likeness (QED) is 0.895. The molecule has 3 amide bonds. The Labute approximate surface area is 145 Å². The van der Waals surface area contributed by atoms with E-state index >= 15 is 0 Å². The number of carbonyl (C=O) groups is 2. The summed E-state index contributed by atoms with van der Waals surface area (Å²) in [5.41, 5.74) is 0.770. The van der Waals surface area contributed by atoms with E-state index < -0.39 is 0 Å². The first-order valence-electron chi connectivity index (χ1n) is 8.13. The Balaban J connectivity index is 1.51. The van der Waals surface area contributed by atoms with Crippen LogP contribution in [0.4, 0.5) is 10.5 Å². The van der Waals surface area contributed by atoms with E-state index in [-0.39, 0.29) is 17.9 Å². The second kappa shape index (κ2) is 7.97. The number of nitrogens with zero attached hydrogens (tertiary/aromatic N) is 1. The van der Waals surface area contributed by atoms with E-state index in [0.717, 1.165) is 23.4 Å². The molecule has 0 unspecified atom stereocenters. The SMILES string of the molecule is O=C(NCc1cccs1)[C@H]1CCCN(C(=O)Nc2ccccc2)C1. The van der Waals surface area contributed by atoms with E-state index in [4.69, 9.17) is 0 Å². The van der Waals surface area contributed by atoms with Gasteiger partial charge < -0.3 is 15.5 Å². The number of carbonyl (C=O) groups excluding carboxylic acids is 2. The van der Waals surface area contributed by atoms with Crippen LogP contribution in [0.5, 0.6) is 0 Å². The van der Waals surface area contributed by atoms with Gasteiger partial charge in [0.1, 0.15) is 0 Å². The van der Waals surface area contributed by atoms with Crippen LogP contribution in [0.25, 0.3) is 0 Å². The molecule has 1 aromatic heterocycles. The topological polar surface area (TPSA) is 61.4 Å². The van der Waals surface area contributed by atoms with E-state index in [1.54, 1.807) is 16.2 Å². The van der Waals surface area contributed by atoms with Crippen molar-refractivity contribution in [2.75, 3.05) is 18.4 Å². The van der Waals surface area contributed by atoms with Crippen LogP contribution in [0, 0.1) is 5.92 Å². The van der Waals surface area contributed by atoms with E-state index in [9.17, 15) is 9.59 Å². The Bertz CT molecular complexity index is 673. The summed E-state index contributed by atoms with van der Waals surface area (Å²) in [6.07, 6.45) is 1.67. The number of urea groups is 1. The number of para-hydroxylation sites is 1. The number of likely N-dealkylation sites (tertiary alicyclic amines) is 1. The summed E-state index contributed by atoms with van der Waals surface area (Å²) in [6.45, 7) is 1.71. The van der Waals surface area contributed by atoms with Gasteiger partial charge in [0.25, 0.3) is 0 Å². The Morgan fingerprint density at radius 2 is 2.00 bits per heavy atom. The monoisotopic (exact) mass is 343 g/mol. The highest BCUT2D eigenvalue weighted by atomic mass is 32.1. The van der Waals surface area contributed by atoms with Crippen molar-refractivity contribution in [3.63, 3.8) is 0 Å². The summed E-state index contributed by atoms with van der Waals surface area (Å²) in [7, 11) is 0. The molecule has 0 saturated carbocycles. The highest BCUT2D eigenvalue weighted by Crippen LogP contribution is 2.18. The summed E-state index contributed by atoms with van der Waals surface area (Å²) in [4.78, 5) is 27.6. The molecule has 0 bridgehead atoms. The Morgan fingerprint density at radius 3 is 2.75 bits per heavy atom. The molecule has 1 atom stereocenters. The highest BCUT2D eigenvalue weighted by molar-refractivity contribution is 7.09. The summed E-state index contributed by atoms with van der Waals surface area (Å²) in [5.74, 6) is -0.110. The smallest absolute Gasteiger partial charge is 0.321 e. The van der Waals surface area contributed by atoms with Gasteiger partial charge in [0, 0.05) is 23.7 Å². The minimum Gasteiger partial charge on any atom is -0.351 e. The molecule has 126 valence electrons. The number of nitrogens with one attached hydrogen (secondary N) is 2. The first-order valence-corrected chi connectivity index (χ1v) is 9.01. The molecule has 2 aromatic rings. The molecular formula is C18H21N3O2S. The van der Waals surface area contributed by atoms with E-state index in [1.807, 2.05) is 47.8 Å². The molecule has 2 heterocycles. The van der Waals surface area contributed by atoms with Crippen molar-refractivity contribution in [3.05, 3.63) is 52.7 Å². The molecule has 0 spiro atoms. The molecule has 6 heteroatoms. The molecule has 0 aliphatic carbocycles. The molecule has 1 fully saturated rings. The normalized spacial score (nSPS) is 17.3. The lowest BCUT2D eigenvalue weighted by Crippen LogP contribution is -2.46. The van der Waals surface area contributed by atoms with Gasteiger partial charge in [-0.3, -0.25) is 4.79 Å². The second-order valence-electron chi connectivity index (χ2n) is 5.88. The van der Waals surface area contributed by atoms with Crippen molar-refractivity contribution in [1.82, 2.24) is 10.2 Å². The minimum atomic E-state index is -0.142. The fraction of sp³-hybridized carbons (Fsp3) is 0.333. The number of benzene rings is 1. The van der Waals surface area contributed by atoms with Crippen molar-refractivity contribution in [1.29, 1.82) is 0 Å². The van der Waals surface area contributed by atoms with Gasteiger partial charge in [-0.2, -0.15) is 0 Å². The van der Waals surface area contributed by atoms with Gasteiger partial charge in [-0.15, -0.1) is 11.3 Å². The lowest BCUT2D eigenvalue weighted by atomic mass is 9.97. The maximum absolute atomic E-state index is 12.4. The zero-order valence-electron chi connectivity index (χ0n) is 13.4. The van der Waals surface area contributed by atoms with Crippen LogP contribution in [0.3, 0.4) is 0 Å². The predicted octanol–water partition coefficient (Wildman–Crippen LogP) is 3.31. The Morgan fingerprint density at radius 1 is 1.17 bits per heavy atom. The van der Waals surface area contributed by atoms with Crippen molar-refractivity contribution in [2.24, 2.45) is 5.92 Å². The summed E-state index contributed by atoms with van der Waals surface area (Å²) >= 11 is 1.63. The first-order chi connectivity index (χ1) is 11.7. The maximum atomic E-state index is 12.4. The first kappa shape index (κ1) is 16.5. The van der Waals surface area contributed by atoms with Gasteiger partial charge in [0.15, 0.2) is 0 Å². The number of thiophene rings is 1. The number of hydrogen-bond donors (Lipinski definition) is 2. The number of rotatable bonds is 4. The Kier molecular flexibility index (Phi) is 5.48. The number of hydrogen-bond acceptors (Lipinski definition) is 3. The number of piperidine rings is 1. The Hall–Kier alpha value is -2.34. The molecule has 1 saturated heterocycles. The lowest BCUT2D eigenvalue weighted by molar-refractivity contribution is -0.126. The van der Waals surface area contributed by atoms with Gasteiger partial charge in [0.2, 0.25) is 5.91 Å². The van der Waals surface area contributed by atoms with Crippen molar-refractivity contribution < 1.29 is 9.59 Å². The van der Waals surface area contributed by atoms with Crippen molar-refractivity contribution in [3.8, 4) is 0 Å². The zero-order chi connectivity index (χ0) is 16.8. The summed E-state index contributed by atoms with van der Waals surface area (Å²) in [5, 5.41) is 7.86. The van der Waals surface area contributed by atoms with E-state index in [0.29, 0.717) is 19.6 Å². The average Bonchev–Trinajstić information content (AvgIpc) is 3.14. The van der Waals surface area contributed by atoms with Crippen molar-refractivity contribution in [2.45, 2.75) is 19.4 Å². The van der Waals surface area contributed by atoms with Crippen LogP contribution in [-0.2, 0) is 11.3 Å².